The number of hydrogen-bond donors (Lipinski definition) is 1. The van der Waals surface area contributed by atoms with Gasteiger partial charge in [-0.3, -0.25) is 19.7 Å². The summed E-state index contributed by atoms with van der Waals surface area (Å²) < 4.78 is 0. The number of hydrogen-bond acceptors (Lipinski definition) is 4. The molecular formula is C15H18N2O5. The number of nitro benzene ring substituents is 1. The molecule has 0 radical (unpaired) electrons. The zero-order chi connectivity index (χ0) is 16.1. The fourth-order valence-corrected chi connectivity index (χ4v) is 2.75. The van der Waals surface area contributed by atoms with Crippen LogP contribution in [0.1, 0.15) is 42.5 Å². The molecule has 1 fully saturated rings. The Bertz CT molecular complexity index is 570. The molecular weight excluding hydrogens is 288 g/mol. The lowest BCUT2D eigenvalue weighted by Gasteiger charge is -2.35. The van der Waals surface area contributed by atoms with Gasteiger partial charge in [-0.1, -0.05) is 0 Å². The van der Waals surface area contributed by atoms with E-state index in [0.717, 1.165) is 19.3 Å². The van der Waals surface area contributed by atoms with Crippen LogP contribution in [-0.4, -0.2) is 39.4 Å². The number of aliphatic carboxylic acids is 1. The highest BCUT2D eigenvalue weighted by Crippen LogP contribution is 2.23. The quantitative estimate of drug-likeness (QED) is 0.665. The van der Waals surface area contributed by atoms with Gasteiger partial charge in [-0.25, -0.2) is 0 Å². The number of carboxylic acid groups (broad SMARTS) is 1. The molecule has 1 atom stereocenters. The predicted molar refractivity (Wildman–Crippen MR) is 78.6 cm³/mol. The van der Waals surface area contributed by atoms with Gasteiger partial charge in [0.1, 0.15) is 0 Å². The van der Waals surface area contributed by atoms with Crippen LogP contribution in [0, 0.1) is 10.1 Å². The van der Waals surface area contributed by atoms with Crippen molar-refractivity contribution in [2.45, 2.75) is 38.1 Å². The Morgan fingerprint density at radius 1 is 1.27 bits per heavy atom. The Kier molecular flexibility index (Phi) is 5.08. The molecule has 0 aromatic heterocycles. The molecule has 1 amide bonds. The van der Waals surface area contributed by atoms with E-state index in [1.165, 1.54) is 24.3 Å². The lowest BCUT2D eigenvalue weighted by molar-refractivity contribution is -0.384. The SMILES string of the molecule is O=C(O)CCC1CCCCN1C(=O)c1ccc([N+](=O)[O-])cc1. The van der Waals surface area contributed by atoms with Gasteiger partial charge in [0.2, 0.25) is 0 Å². The molecule has 0 aliphatic carbocycles. The number of carbonyl (C=O) groups excluding carboxylic acids is 1. The van der Waals surface area contributed by atoms with E-state index in [4.69, 9.17) is 5.11 Å². The Labute approximate surface area is 127 Å². The van der Waals surface area contributed by atoms with Crippen LogP contribution in [0.3, 0.4) is 0 Å². The van der Waals surface area contributed by atoms with Crippen molar-refractivity contribution in [1.82, 2.24) is 4.90 Å². The number of nitro groups is 1. The second kappa shape index (κ2) is 7.02. The fraction of sp³-hybridized carbons (Fsp3) is 0.467. The molecule has 118 valence electrons. The van der Waals surface area contributed by atoms with Gasteiger partial charge in [0, 0.05) is 36.7 Å². The van der Waals surface area contributed by atoms with Gasteiger partial charge in [0.25, 0.3) is 11.6 Å². The average molecular weight is 306 g/mol. The maximum atomic E-state index is 12.5. The third-order valence-electron chi connectivity index (χ3n) is 3.90. The van der Waals surface area contributed by atoms with Gasteiger partial charge in [0.05, 0.1) is 4.92 Å². The number of amides is 1. The molecule has 1 N–H and O–H groups in total. The molecule has 1 aliphatic heterocycles. The molecule has 2 rings (SSSR count). The lowest BCUT2D eigenvalue weighted by atomic mass is 9.97. The van der Waals surface area contributed by atoms with Gasteiger partial charge < -0.3 is 10.0 Å². The van der Waals surface area contributed by atoms with Crippen molar-refractivity contribution in [3.05, 3.63) is 39.9 Å². The number of piperidine rings is 1. The monoisotopic (exact) mass is 306 g/mol. The van der Waals surface area contributed by atoms with Gasteiger partial charge in [-0.05, 0) is 37.8 Å². The van der Waals surface area contributed by atoms with Crippen molar-refractivity contribution < 1.29 is 19.6 Å². The van der Waals surface area contributed by atoms with Gasteiger partial charge in [-0.15, -0.1) is 0 Å². The topological polar surface area (TPSA) is 101 Å². The van der Waals surface area contributed by atoms with E-state index in [0.29, 0.717) is 18.5 Å². The number of benzene rings is 1. The Morgan fingerprint density at radius 2 is 1.95 bits per heavy atom. The smallest absolute Gasteiger partial charge is 0.303 e. The number of non-ortho nitro benzene ring substituents is 1. The first-order valence-corrected chi connectivity index (χ1v) is 7.26. The van der Waals surface area contributed by atoms with Crippen LogP contribution in [0.15, 0.2) is 24.3 Å². The normalized spacial score (nSPS) is 18.0. The van der Waals surface area contributed by atoms with Crippen molar-refractivity contribution in [2.75, 3.05) is 6.54 Å². The number of likely N-dealkylation sites (tertiary alicyclic amines) is 1. The first kappa shape index (κ1) is 15.9. The summed E-state index contributed by atoms with van der Waals surface area (Å²) in [6.07, 6.45) is 3.14. The molecule has 1 aromatic carbocycles. The molecule has 0 spiro atoms. The Hall–Kier alpha value is -2.44. The second-order valence-corrected chi connectivity index (χ2v) is 5.38. The van der Waals surface area contributed by atoms with E-state index in [1.54, 1.807) is 4.90 Å². The van der Waals surface area contributed by atoms with E-state index in [9.17, 15) is 19.7 Å². The van der Waals surface area contributed by atoms with Crippen LogP contribution in [-0.2, 0) is 4.79 Å². The summed E-state index contributed by atoms with van der Waals surface area (Å²) in [5.41, 5.74) is 0.338. The lowest BCUT2D eigenvalue weighted by Crippen LogP contribution is -2.43. The Balaban J connectivity index is 2.10. The van der Waals surface area contributed by atoms with Crippen molar-refractivity contribution in [2.24, 2.45) is 0 Å². The fourth-order valence-electron chi connectivity index (χ4n) is 2.75. The highest BCUT2D eigenvalue weighted by molar-refractivity contribution is 5.94. The van der Waals surface area contributed by atoms with Crippen molar-refractivity contribution in [3.8, 4) is 0 Å². The molecule has 22 heavy (non-hydrogen) atoms. The molecule has 1 saturated heterocycles. The molecule has 7 nitrogen and oxygen atoms in total. The molecule has 0 saturated carbocycles. The Morgan fingerprint density at radius 3 is 2.55 bits per heavy atom. The maximum absolute atomic E-state index is 12.5. The van der Waals surface area contributed by atoms with Crippen LogP contribution >= 0.6 is 0 Å². The van der Waals surface area contributed by atoms with Crippen molar-refractivity contribution in [1.29, 1.82) is 0 Å². The standard InChI is InChI=1S/C15H18N2O5/c18-14(19)9-8-12-3-1-2-10-16(12)15(20)11-4-6-13(7-5-11)17(21)22/h4-7,12H,1-3,8-10H2,(H,18,19). The van der Waals surface area contributed by atoms with E-state index in [-0.39, 0.29) is 24.1 Å². The number of carbonyl (C=O) groups is 2. The predicted octanol–water partition coefficient (Wildman–Crippen LogP) is 2.45. The van der Waals surface area contributed by atoms with Gasteiger partial charge >= 0.3 is 5.97 Å². The molecule has 1 heterocycles. The summed E-state index contributed by atoms with van der Waals surface area (Å²) >= 11 is 0. The average Bonchev–Trinajstić information content (AvgIpc) is 2.52. The molecule has 1 unspecified atom stereocenters. The van der Waals surface area contributed by atoms with Crippen LogP contribution < -0.4 is 0 Å². The second-order valence-electron chi connectivity index (χ2n) is 5.38. The third-order valence-corrected chi connectivity index (χ3v) is 3.90. The van der Waals surface area contributed by atoms with E-state index in [1.807, 2.05) is 0 Å². The third kappa shape index (κ3) is 3.81. The summed E-state index contributed by atoms with van der Waals surface area (Å²) in [6, 6.07) is 5.44. The highest BCUT2D eigenvalue weighted by atomic mass is 16.6. The summed E-state index contributed by atoms with van der Waals surface area (Å²) in [7, 11) is 0. The zero-order valence-corrected chi connectivity index (χ0v) is 12.1. The van der Waals surface area contributed by atoms with E-state index < -0.39 is 10.9 Å². The summed E-state index contributed by atoms with van der Waals surface area (Å²) in [5, 5.41) is 19.4. The molecule has 1 aromatic rings. The summed E-state index contributed by atoms with van der Waals surface area (Å²) in [5.74, 6) is -1.06. The zero-order valence-electron chi connectivity index (χ0n) is 12.1. The van der Waals surface area contributed by atoms with Crippen molar-refractivity contribution in [3.63, 3.8) is 0 Å². The first-order chi connectivity index (χ1) is 10.5. The van der Waals surface area contributed by atoms with Gasteiger partial charge in [-0.2, -0.15) is 0 Å². The van der Waals surface area contributed by atoms with Crippen LogP contribution in [0.4, 0.5) is 5.69 Å². The molecule has 0 bridgehead atoms. The van der Waals surface area contributed by atoms with Gasteiger partial charge in [0.15, 0.2) is 0 Å². The molecule has 1 aliphatic rings. The maximum Gasteiger partial charge on any atom is 0.303 e. The first-order valence-electron chi connectivity index (χ1n) is 7.26. The number of rotatable bonds is 5. The minimum atomic E-state index is -0.867. The largest absolute Gasteiger partial charge is 0.481 e. The van der Waals surface area contributed by atoms with E-state index in [2.05, 4.69) is 0 Å². The number of nitrogens with zero attached hydrogens (tertiary/aromatic N) is 2. The van der Waals surface area contributed by atoms with Crippen molar-refractivity contribution >= 4 is 17.6 Å². The highest BCUT2D eigenvalue weighted by Gasteiger charge is 2.27. The van der Waals surface area contributed by atoms with Crippen LogP contribution in [0.25, 0.3) is 0 Å². The minimum Gasteiger partial charge on any atom is -0.481 e. The van der Waals surface area contributed by atoms with Crippen LogP contribution in [0.2, 0.25) is 0 Å². The summed E-state index contributed by atoms with van der Waals surface area (Å²) in [4.78, 5) is 35.1. The molecule has 7 heteroatoms. The number of carboxylic acids is 1. The van der Waals surface area contributed by atoms with Crippen LogP contribution in [0.5, 0.6) is 0 Å². The summed E-state index contributed by atoms with van der Waals surface area (Å²) in [6.45, 7) is 0.597. The van der Waals surface area contributed by atoms with E-state index >= 15 is 0 Å². The minimum absolute atomic E-state index is 0.0364.